The molecule has 0 atom stereocenters. The van der Waals surface area contributed by atoms with E-state index in [0.29, 0.717) is 16.7 Å². The molecule has 0 nitrogen and oxygen atoms in total. The zero-order valence-electron chi connectivity index (χ0n) is 17.4. The van der Waals surface area contributed by atoms with Crippen molar-refractivity contribution in [1.29, 1.82) is 0 Å². The predicted molar refractivity (Wildman–Crippen MR) is 112 cm³/mol. The number of allylic oxidation sites excluding steroid dienone is 4. The second-order valence-corrected chi connectivity index (χ2v) is 5.74. The standard InChI is InChI=1S/C20H20F2.2C2H6/c1-13(2)19(21)11-15(4)18-10-9-17(12-20(18)22)16-7-5-14(3)6-8-16;2*1-2/h5-12H,1-4H3;2*1-2H3/b15-11+;;. The molecular weight excluding hydrogens is 326 g/mol. The topological polar surface area (TPSA) is 0 Å². The minimum Gasteiger partial charge on any atom is -0.207 e. The molecule has 2 rings (SSSR count). The van der Waals surface area contributed by atoms with E-state index in [-0.39, 0.29) is 11.6 Å². The highest BCUT2D eigenvalue weighted by molar-refractivity contribution is 5.71. The first kappa shape index (κ1) is 23.8. The van der Waals surface area contributed by atoms with Gasteiger partial charge >= 0.3 is 0 Å². The van der Waals surface area contributed by atoms with Crippen molar-refractivity contribution < 1.29 is 8.78 Å². The maximum Gasteiger partial charge on any atom is 0.131 e. The fourth-order valence-corrected chi connectivity index (χ4v) is 2.17. The average molecular weight is 359 g/mol. The summed E-state index contributed by atoms with van der Waals surface area (Å²) in [4.78, 5) is 0. The first-order chi connectivity index (χ1) is 12.4. The lowest BCUT2D eigenvalue weighted by atomic mass is 9.99. The van der Waals surface area contributed by atoms with Crippen molar-refractivity contribution in [3.63, 3.8) is 0 Å². The van der Waals surface area contributed by atoms with E-state index in [2.05, 4.69) is 0 Å². The monoisotopic (exact) mass is 358 g/mol. The lowest BCUT2D eigenvalue weighted by molar-refractivity contribution is 0.624. The third kappa shape index (κ3) is 6.95. The highest BCUT2D eigenvalue weighted by Crippen LogP contribution is 2.26. The van der Waals surface area contributed by atoms with Crippen molar-refractivity contribution in [2.75, 3.05) is 0 Å². The van der Waals surface area contributed by atoms with Crippen LogP contribution in [0, 0.1) is 12.7 Å². The third-order valence-electron chi connectivity index (χ3n) is 3.60. The maximum absolute atomic E-state index is 14.3. The van der Waals surface area contributed by atoms with Crippen LogP contribution in [0.25, 0.3) is 16.7 Å². The molecule has 0 aliphatic rings. The minimum absolute atomic E-state index is 0.320. The Bertz CT molecular complexity index is 731. The fourth-order valence-electron chi connectivity index (χ4n) is 2.17. The lowest BCUT2D eigenvalue weighted by Gasteiger charge is -2.08. The number of rotatable bonds is 3. The van der Waals surface area contributed by atoms with Gasteiger partial charge in [0.15, 0.2) is 0 Å². The smallest absolute Gasteiger partial charge is 0.131 e. The molecule has 0 bridgehead atoms. The summed E-state index contributed by atoms with van der Waals surface area (Å²) < 4.78 is 28.0. The maximum atomic E-state index is 14.3. The van der Waals surface area contributed by atoms with Gasteiger partial charge in [-0.05, 0) is 62.1 Å². The van der Waals surface area contributed by atoms with Gasteiger partial charge in [-0.1, -0.05) is 69.7 Å². The summed E-state index contributed by atoms with van der Waals surface area (Å²) in [7, 11) is 0. The third-order valence-corrected chi connectivity index (χ3v) is 3.60. The highest BCUT2D eigenvalue weighted by Gasteiger charge is 2.08. The van der Waals surface area contributed by atoms with Gasteiger partial charge in [-0.15, -0.1) is 0 Å². The van der Waals surface area contributed by atoms with Crippen molar-refractivity contribution in [2.24, 2.45) is 0 Å². The molecule has 0 aliphatic carbocycles. The molecule has 2 heteroatoms. The Morgan fingerprint density at radius 2 is 1.31 bits per heavy atom. The Morgan fingerprint density at radius 3 is 1.77 bits per heavy atom. The normalized spacial score (nSPS) is 10.2. The Hall–Kier alpha value is -2.22. The van der Waals surface area contributed by atoms with Crippen LogP contribution in [0.2, 0.25) is 0 Å². The molecule has 0 aromatic heterocycles. The first-order valence-electron chi connectivity index (χ1n) is 9.26. The second-order valence-electron chi connectivity index (χ2n) is 5.74. The number of halogens is 2. The zero-order chi connectivity index (χ0) is 20.3. The van der Waals surface area contributed by atoms with E-state index >= 15 is 0 Å². The van der Waals surface area contributed by atoms with Gasteiger partial charge in [0, 0.05) is 5.56 Å². The Morgan fingerprint density at radius 1 is 0.808 bits per heavy atom. The number of hydrogen-bond donors (Lipinski definition) is 0. The predicted octanol–water partition coefficient (Wildman–Crippen LogP) is 8.52. The number of benzene rings is 2. The summed E-state index contributed by atoms with van der Waals surface area (Å²) in [6, 6.07) is 13.0. The summed E-state index contributed by atoms with van der Waals surface area (Å²) in [5.74, 6) is -0.659. The van der Waals surface area contributed by atoms with E-state index in [4.69, 9.17) is 0 Å². The van der Waals surface area contributed by atoms with Crippen LogP contribution in [0.15, 0.2) is 59.9 Å². The average Bonchev–Trinajstić information content (AvgIpc) is 2.65. The van der Waals surface area contributed by atoms with Gasteiger partial charge in [0.2, 0.25) is 0 Å². The van der Waals surface area contributed by atoms with E-state index in [1.165, 1.54) is 12.1 Å². The van der Waals surface area contributed by atoms with E-state index in [9.17, 15) is 8.78 Å². The summed E-state index contributed by atoms with van der Waals surface area (Å²) in [5, 5.41) is 0. The lowest BCUT2D eigenvalue weighted by Crippen LogP contribution is -1.89. The Labute approximate surface area is 158 Å². The van der Waals surface area contributed by atoms with Crippen LogP contribution < -0.4 is 0 Å². The molecule has 26 heavy (non-hydrogen) atoms. The zero-order valence-corrected chi connectivity index (χ0v) is 17.4. The van der Waals surface area contributed by atoms with E-state index < -0.39 is 0 Å². The van der Waals surface area contributed by atoms with Crippen LogP contribution in [0.3, 0.4) is 0 Å². The van der Waals surface area contributed by atoms with Gasteiger partial charge < -0.3 is 0 Å². The van der Waals surface area contributed by atoms with Crippen molar-refractivity contribution in [1.82, 2.24) is 0 Å². The van der Waals surface area contributed by atoms with Crippen LogP contribution in [0.4, 0.5) is 8.78 Å². The molecule has 0 unspecified atom stereocenters. The van der Waals surface area contributed by atoms with Gasteiger partial charge in [0.25, 0.3) is 0 Å². The van der Waals surface area contributed by atoms with Crippen molar-refractivity contribution in [3.8, 4) is 11.1 Å². The minimum atomic E-state index is -0.339. The molecule has 142 valence electrons. The molecule has 0 saturated heterocycles. The van der Waals surface area contributed by atoms with Gasteiger partial charge in [-0.2, -0.15) is 0 Å². The second kappa shape index (κ2) is 12.2. The van der Waals surface area contributed by atoms with Crippen LogP contribution in [0.5, 0.6) is 0 Å². The van der Waals surface area contributed by atoms with Gasteiger partial charge in [-0.25, -0.2) is 8.78 Å². The van der Waals surface area contributed by atoms with E-state index in [1.54, 1.807) is 26.8 Å². The SMILES string of the molecule is CC.CC.CC(C)=C(F)/C=C(\C)c1ccc(-c2ccc(C)cc2)cc1F. The Kier molecular flexibility index (Phi) is 11.1. The molecule has 0 N–H and O–H groups in total. The van der Waals surface area contributed by atoms with E-state index in [1.807, 2.05) is 65.0 Å². The summed E-state index contributed by atoms with van der Waals surface area (Å²) in [5.41, 5.74) is 4.52. The van der Waals surface area contributed by atoms with Gasteiger partial charge in [-0.3, -0.25) is 0 Å². The largest absolute Gasteiger partial charge is 0.207 e. The molecule has 0 fully saturated rings. The van der Waals surface area contributed by atoms with Crippen LogP contribution >= 0.6 is 0 Å². The van der Waals surface area contributed by atoms with Crippen molar-refractivity contribution >= 4 is 5.57 Å². The molecule has 0 heterocycles. The molecule has 0 aliphatic heterocycles. The van der Waals surface area contributed by atoms with Gasteiger partial charge in [0.1, 0.15) is 11.6 Å². The Balaban J connectivity index is 0.00000146. The first-order valence-corrected chi connectivity index (χ1v) is 9.26. The van der Waals surface area contributed by atoms with E-state index in [0.717, 1.165) is 16.7 Å². The molecule has 0 radical (unpaired) electrons. The molecule has 0 saturated carbocycles. The van der Waals surface area contributed by atoms with Crippen molar-refractivity contribution in [2.45, 2.75) is 55.4 Å². The van der Waals surface area contributed by atoms with Crippen molar-refractivity contribution in [3.05, 3.63) is 76.9 Å². The van der Waals surface area contributed by atoms with Crippen LogP contribution in [-0.4, -0.2) is 0 Å². The molecule has 0 spiro atoms. The molecule has 2 aromatic carbocycles. The fraction of sp³-hybridized carbons (Fsp3) is 0.333. The number of aryl methyl sites for hydroxylation is 1. The highest BCUT2D eigenvalue weighted by atomic mass is 19.1. The number of hydrogen-bond acceptors (Lipinski definition) is 0. The molecular formula is C24H32F2. The summed E-state index contributed by atoms with van der Waals surface area (Å²) in [6.07, 6.45) is 1.37. The van der Waals surface area contributed by atoms with Gasteiger partial charge in [0.05, 0.1) is 0 Å². The van der Waals surface area contributed by atoms with Crippen LogP contribution in [0.1, 0.15) is 59.6 Å². The quantitative estimate of drug-likeness (QED) is 0.482. The molecule has 2 aromatic rings. The van der Waals surface area contributed by atoms with Crippen LogP contribution in [-0.2, 0) is 0 Å². The summed E-state index contributed by atoms with van der Waals surface area (Å²) in [6.45, 7) is 15.1. The molecule has 0 amide bonds. The summed E-state index contributed by atoms with van der Waals surface area (Å²) >= 11 is 0.